The molecule has 5 rings (SSSR count). The zero-order valence-electron chi connectivity index (χ0n) is 22.3. The smallest absolute Gasteiger partial charge is 0.266 e. The minimum absolute atomic E-state index is 0.0784. The Morgan fingerprint density at radius 2 is 1.82 bits per heavy atom. The standard InChI is InChI=1S/C30H28ClN5O3S/c1-30(2,3)29-34-22-16-24(37)23(15-19-8-4-6-12-32-19)36(28(39)26(22)40-29)17-18-10-11-20(21(31)14-18)27(38)35-25-9-5-7-13-33-25/h4-14,23H,15-17H2,1-3H3,(H,33,35,38). The molecule has 40 heavy (non-hydrogen) atoms. The summed E-state index contributed by atoms with van der Waals surface area (Å²) in [6.07, 6.45) is 3.62. The molecule has 0 aliphatic carbocycles. The van der Waals surface area contributed by atoms with E-state index in [9.17, 15) is 14.4 Å². The lowest BCUT2D eigenvalue weighted by molar-refractivity contribution is -0.122. The van der Waals surface area contributed by atoms with Gasteiger partial charge in [0.2, 0.25) is 0 Å². The first-order chi connectivity index (χ1) is 19.1. The van der Waals surface area contributed by atoms with Crippen LogP contribution in [0.1, 0.15) is 62.8 Å². The monoisotopic (exact) mass is 573 g/mol. The molecule has 0 fully saturated rings. The quantitative estimate of drug-likeness (QED) is 0.326. The fraction of sp³-hybridized carbons (Fsp3) is 0.267. The van der Waals surface area contributed by atoms with Crippen LogP contribution >= 0.6 is 22.9 Å². The van der Waals surface area contributed by atoms with Crippen LogP contribution in [0, 0.1) is 0 Å². The van der Waals surface area contributed by atoms with Crippen molar-refractivity contribution < 1.29 is 14.4 Å². The maximum absolute atomic E-state index is 14.0. The van der Waals surface area contributed by atoms with Gasteiger partial charge in [-0.05, 0) is 42.0 Å². The number of Topliss-reactive ketones (excluding diaryl/α,β-unsaturated/α-hetero) is 1. The van der Waals surface area contributed by atoms with Crippen molar-refractivity contribution in [3.05, 3.63) is 104 Å². The molecular weight excluding hydrogens is 546 g/mol. The highest BCUT2D eigenvalue weighted by Gasteiger charge is 2.38. The maximum Gasteiger partial charge on any atom is 0.266 e. The topological polar surface area (TPSA) is 105 Å². The van der Waals surface area contributed by atoms with Crippen molar-refractivity contribution in [3.8, 4) is 0 Å². The number of carbonyl (C=O) groups excluding carboxylic acids is 3. The molecule has 1 aromatic carbocycles. The number of anilines is 1. The van der Waals surface area contributed by atoms with Crippen LogP contribution in [0.5, 0.6) is 0 Å². The number of aromatic nitrogens is 3. The number of nitrogens with one attached hydrogen (secondary N) is 1. The lowest BCUT2D eigenvalue weighted by Crippen LogP contribution is -2.44. The van der Waals surface area contributed by atoms with Crippen LogP contribution in [-0.2, 0) is 29.6 Å². The van der Waals surface area contributed by atoms with Crippen LogP contribution in [0.2, 0.25) is 5.02 Å². The number of hydrogen-bond acceptors (Lipinski definition) is 7. The van der Waals surface area contributed by atoms with E-state index in [0.29, 0.717) is 27.6 Å². The van der Waals surface area contributed by atoms with Gasteiger partial charge in [0, 0.05) is 36.5 Å². The molecule has 0 saturated heterocycles. The number of hydrogen-bond donors (Lipinski definition) is 1. The highest BCUT2D eigenvalue weighted by molar-refractivity contribution is 7.14. The van der Waals surface area contributed by atoms with Crippen molar-refractivity contribution in [2.75, 3.05) is 5.32 Å². The van der Waals surface area contributed by atoms with Gasteiger partial charge in [-0.2, -0.15) is 0 Å². The predicted octanol–water partition coefficient (Wildman–Crippen LogP) is 5.52. The molecular formula is C30H28ClN5O3S. The van der Waals surface area contributed by atoms with Crippen LogP contribution in [0.4, 0.5) is 5.82 Å². The van der Waals surface area contributed by atoms with Crippen molar-refractivity contribution in [2.24, 2.45) is 0 Å². The minimum Gasteiger partial charge on any atom is -0.323 e. The van der Waals surface area contributed by atoms with E-state index in [-0.39, 0.29) is 47.1 Å². The van der Waals surface area contributed by atoms with E-state index >= 15 is 0 Å². The lowest BCUT2D eigenvalue weighted by Gasteiger charge is -2.29. The minimum atomic E-state index is -0.729. The summed E-state index contributed by atoms with van der Waals surface area (Å²) in [5.74, 6) is -0.328. The van der Waals surface area contributed by atoms with Crippen molar-refractivity contribution in [2.45, 2.75) is 51.6 Å². The van der Waals surface area contributed by atoms with E-state index in [1.165, 1.54) is 11.3 Å². The molecule has 10 heteroatoms. The van der Waals surface area contributed by atoms with Gasteiger partial charge < -0.3 is 10.2 Å². The van der Waals surface area contributed by atoms with Gasteiger partial charge in [0.25, 0.3) is 11.8 Å². The summed E-state index contributed by atoms with van der Waals surface area (Å²) in [6.45, 7) is 6.23. The van der Waals surface area contributed by atoms with Crippen molar-refractivity contribution in [1.82, 2.24) is 19.9 Å². The molecule has 0 bridgehead atoms. The van der Waals surface area contributed by atoms with Crippen LogP contribution in [-0.4, -0.2) is 43.5 Å². The Bertz CT molecular complexity index is 1570. The Morgan fingerprint density at radius 1 is 1.07 bits per heavy atom. The number of halogens is 1. The lowest BCUT2D eigenvalue weighted by atomic mass is 9.98. The Morgan fingerprint density at radius 3 is 2.48 bits per heavy atom. The van der Waals surface area contributed by atoms with Gasteiger partial charge in [0.1, 0.15) is 10.7 Å². The second kappa shape index (κ2) is 11.3. The number of amides is 2. The van der Waals surface area contributed by atoms with Gasteiger partial charge in [-0.15, -0.1) is 11.3 Å². The summed E-state index contributed by atoms with van der Waals surface area (Å²) >= 11 is 7.88. The Hall–Kier alpha value is -3.95. The first-order valence-electron chi connectivity index (χ1n) is 12.8. The fourth-order valence-electron chi connectivity index (χ4n) is 4.47. The summed E-state index contributed by atoms with van der Waals surface area (Å²) < 4.78 is 0. The average Bonchev–Trinajstić information content (AvgIpc) is 3.32. The Kier molecular flexibility index (Phi) is 7.78. The van der Waals surface area contributed by atoms with Crippen molar-refractivity contribution in [3.63, 3.8) is 0 Å². The number of nitrogens with zero attached hydrogens (tertiary/aromatic N) is 4. The van der Waals surface area contributed by atoms with Gasteiger partial charge in [-0.3, -0.25) is 19.4 Å². The molecule has 4 heterocycles. The van der Waals surface area contributed by atoms with Crippen molar-refractivity contribution >= 4 is 46.4 Å². The Balaban J connectivity index is 1.46. The summed E-state index contributed by atoms with van der Waals surface area (Å²) in [4.78, 5) is 55.7. The van der Waals surface area contributed by atoms with E-state index in [0.717, 1.165) is 5.01 Å². The number of rotatable bonds is 6. The molecule has 0 radical (unpaired) electrons. The molecule has 4 aromatic rings. The van der Waals surface area contributed by atoms with Gasteiger partial charge in [-0.1, -0.05) is 50.6 Å². The SMILES string of the molecule is CC(C)(C)c1nc2c(s1)C(=O)N(Cc1ccc(C(=O)Nc3ccccn3)c(Cl)c1)C(Cc1ccccn1)C(=O)C2. The number of fused-ring (bicyclic) bond motifs is 1. The fourth-order valence-corrected chi connectivity index (χ4v) is 5.85. The molecule has 1 atom stereocenters. The van der Waals surface area contributed by atoms with E-state index in [1.54, 1.807) is 53.7 Å². The molecule has 3 aromatic heterocycles. The van der Waals surface area contributed by atoms with Gasteiger partial charge in [-0.25, -0.2) is 9.97 Å². The summed E-state index contributed by atoms with van der Waals surface area (Å²) in [5, 5.41) is 3.77. The highest BCUT2D eigenvalue weighted by Crippen LogP contribution is 2.34. The van der Waals surface area contributed by atoms with Crippen LogP contribution in [0.15, 0.2) is 67.0 Å². The number of benzene rings is 1. The maximum atomic E-state index is 14.0. The molecule has 1 aliphatic rings. The molecule has 2 amide bonds. The largest absolute Gasteiger partial charge is 0.323 e. The number of ketones is 1. The normalized spacial score (nSPS) is 15.5. The third-order valence-electron chi connectivity index (χ3n) is 6.55. The summed E-state index contributed by atoms with van der Waals surface area (Å²) in [6, 6.07) is 15.0. The van der Waals surface area contributed by atoms with Gasteiger partial charge >= 0.3 is 0 Å². The molecule has 0 saturated carbocycles. The molecule has 1 aliphatic heterocycles. The molecule has 0 spiro atoms. The van der Waals surface area contributed by atoms with Crippen molar-refractivity contribution in [1.29, 1.82) is 0 Å². The number of thiazole rings is 1. The second-order valence-corrected chi connectivity index (χ2v) is 12.1. The molecule has 204 valence electrons. The average molecular weight is 574 g/mol. The van der Waals surface area contributed by atoms with Crippen LogP contribution < -0.4 is 5.32 Å². The van der Waals surface area contributed by atoms with Crippen LogP contribution in [0.25, 0.3) is 0 Å². The second-order valence-electron chi connectivity index (χ2n) is 10.6. The third kappa shape index (κ3) is 5.95. The molecule has 1 unspecified atom stereocenters. The van der Waals surface area contributed by atoms with Gasteiger partial charge in [0.05, 0.1) is 33.8 Å². The first kappa shape index (κ1) is 27.6. The number of pyridine rings is 2. The molecule has 1 N–H and O–H groups in total. The summed E-state index contributed by atoms with van der Waals surface area (Å²) in [5.41, 5.74) is 1.96. The van der Waals surface area contributed by atoms with Crippen LogP contribution in [0.3, 0.4) is 0 Å². The third-order valence-corrected chi connectivity index (χ3v) is 8.37. The predicted molar refractivity (Wildman–Crippen MR) is 155 cm³/mol. The van der Waals surface area contributed by atoms with E-state index in [2.05, 4.69) is 15.3 Å². The van der Waals surface area contributed by atoms with E-state index in [1.807, 2.05) is 39.0 Å². The Labute approximate surface area is 241 Å². The number of carbonyl (C=O) groups is 3. The van der Waals surface area contributed by atoms with E-state index < -0.39 is 11.9 Å². The molecule has 8 nitrogen and oxygen atoms in total. The zero-order chi connectivity index (χ0) is 28.4. The summed E-state index contributed by atoms with van der Waals surface area (Å²) in [7, 11) is 0. The van der Waals surface area contributed by atoms with Gasteiger partial charge in [0.15, 0.2) is 5.78 Å². The zero-order valence-corrected chi connectivity index (χ0v) is 23.9. The van der Waals surface area contributed by atoms with E-state index in [4.69, 9.17) is 16.6 Å². The first-order valence-corrected chi connectivity index (χ1v) is 14.0. The highest BCUT2D eigenvalue weighted by atomic mass is 35.5.